The Morgan fingerprint density at radius 2 is 2.55 bits per heavy atom. The smallest absolute Gasteiger partial charge is 0.309 e. The van der Waals surface area contributed by atoms with E-state index in [0.29, 0.717) is 18.4 Å². The summed E-state index contributed by atoms with van der Waals surface area (Å²) in [5, 5.41) is 0. The molecule has 3 atom stereocenters. The molecule has 2 nitrogen and oxygen atoms in total. The van der Waals surface area contributed by atoms with E-state index in [1.807, 2.05) is 6.92 Å². The highest BCUT2D eigenvalue weighted by atomic mass is 16.5. The van der Waals surface area contributed by atoms with Crippen LogP contribution in [-0.2, 0) is 9.53 Å². The lowest BCUT2D eigenvalue weighted by Gasteiger charge is -1.99. The summed E-state index contributed by atoms with van der Waals surface area (Å²) >= 11 is 0. The summed E-state index contributed by atoms with van der Waals surface area (Å²) in [6, 6.07) is 0. The maximum Gasteiger partial charge on any atom is 0.309 e. The first kappa shape index (κ1) is 6.89. The Kier molecular flexibility index (Phi) is 1.48. The number of rotatable bonds is 2. The minimum absolute atomic E-state index is 0.00634. The maximum absolute atomic E-state index is 11.2. The monoisotopic (exact) mass is 152 g/mol. The van der Waals surface area contributed by atoms with Crippen molar-refractivity contribution >= 4 is 5.97 Å². The van der Waals surface area contributed by atoms with Gasteiger partial charge in [-0.3, -0.25) is 4.79 Å². The fraction of sp³-hybridized carbons (Fsp3) is 0.667. The lowest BCUT2D eigenvalue weighted by molar-refractivity contribution is -0.145. The maximum atomic E-state index is 11.2. The van der Waals surface area contributed by atoms with Gasteiger partial charge in [0.05, 0.1) is 12.5 Å². The third-order valence-corrected chi connectivity index (χ3v) is 2.55. The molecule has 0 heterocycles. The Labute approximate surface area is 66.2 Å². The zero-order valence-electron chi connectivity index (χ0n) is 6.62. The van der Waals surface area contributed by atoms with Gasteiger partial charge in [-0.25, -0.2) is 0 Å². The number of allylic oxidation sites excluding steroid dienone is 2. The van der Waals surface area contributed by atoms with Crippen molar-refractivity contribution < 1.29 is 9.53 Å². The van der Waals surface area contributed by atoms with Crippen molar-refractivity contribution in [3.05, 3.63) is 12.2 Å². The number of carbonyl (C=O) groups excluding carboxylic acids is 1. The zero-order chi connectivity index (χ0) is 7.84. The van der Waals surface area contributed by atoms with E-state index in [-0.39, 0.29) is 11.9 Å². The number of fused-ring (bicyclic) bond motifs is 1. The molecule has 0 aromatic rings. The van der Waals surface area contributed by atoms with Crippen LogP contribution < -0.4 is 0 Å². The van der Waals surface area contributed by atoms with E-state index in [0.717, 1.165) is 6.42 Å². The van der Waals surface area contributed by atoms with Crippen LogP contribution in [0.1, 0.15) is 13.3 Å². The van der Waals surface area contributed by atoms with E-state index >= 15 is 0 Å². The molecule has 3 unspecified atom stereocenters. The third-order valence-electron chi connectivity index (χ3n) is 2.55. The highest BCUT2D eigenvalue weighted by molar-refractivity contribution is 5.77. The fourth-order valence-corrected chi connectivity index (χ4v) is 1.93. The lowest BCUT2D eigenvalue weighted by Crippen LogP contribution is -2.08. The first-order valence-electron chi connectivity index (χ1n) is 4.18. The van der Waals surface area contributed by atoms with Crippen LogP contribution in [-0.4, -0.2) is 12.6 Å². The first-order valence-corrected chi connectivity index (χ1v) is 4.18. The van der Waals surface area contributed by atoms with E-state index < -0.39 is 0 Å². The third kappa shape index (κ3) is 0.971. The molecule has 0 aromatic heterocycles. The van der Waals surface area contributed by atoms with Crippen LogP contribution in [0.3, 0.4) is 0 Å². The number of ether oxygens (including phenoxy) is 1. The van der Waals surface area contributed by atoms with Crippen LogP contribution in [0.25, 0.3) is 0 Å². The Balaban J connectivity index is 1.90. The van der Waals surface area contributed by atoms with Crippen LogP contribution in [0.2, 0.25) is 0 Å². The van der Waals surface area contributed by atoms with Crippen molar-refractivity contribution in [2.24, 2.45) is 17.8 Å². The summed E-state index contributed by atoms with van der Waals surface area (Å²) in [5.74, 6) is 1.33. The number of hydrogen-bond donors (Lipinski definition) is 0. The Morgan fingerprint density at radius 3 is 3.09 bits per heavy atom. The van der Waals surface area contributed by atoms with Crippen LogP contribution in [0.4, 0.5) is 0 Å². The van der Waals surface area contributed by atoms with Crippen molar-refractivity contribution in [2.75, 3.05) is 6.61 Å². The summed E-state index contributed by atoms with van der Waals surface area (Å²) < 4.78 is 4.93. The Hall–Kier alpha value is -0.790. The molecule has 0 N–H and O–H groups in total. The average Bonchev–Trinajstić information content (AvgIpc) is 2.47. The first-order chi connectivity index (χ1) is 5.34. The molecule has 0 aliphatic heterocycles. The molecule has 0 bridgehead atoms. The van der Waals surface area contributed by atoms with Gasteiger partial charge in [-0.05, 0) is 25.2 Å². The SMILES string of the molecule is CCOC(=O)C1C2C=CCC21. The second-order valence-electron chi connectivity index (χ2n) is 3.18. The molecule has 2 heteroatoms. The summed E-state index contributed by atoms with van der Waals surface area (Å²) in [4.78, 5) is 11.2. The van der Waals surface area contributed by atoms with Gasteiger partial charge in [-0.1, -0.05) is 12.2 Å². The van der Waals surface area contributed by atoms with E-state index in [4.69, 9.17) is 4.74 Å². The number of esters is 1. The Morgan fingerprint density at radius 1 is 1.73 bits per heavy atom. The molecule has 11 heavy (non-hydrogen) atoms. The summed E-state index contributed by atoms with van der Waals surface area (Å²) in [5.41, 5.74) is 0. The van der Waals surface area contributed by atoms with Crippen molar-refractivity contribution in [3.63, 3.8) is 0 Å². The van der Waals surface area contributed by atoms with Gasteiger partial charge in [0.2, 0.25) is 0 Å². The van der Waals surface area contributed by atoms with Crippen LogP contribution in [0.5, 0.6) is 0 Å². The summed E-state index contributed by atoms with van der Waals surface area (Å²) in [6.45, 7) is 2.37. The fourth-order valence-electron chi connectivity index (χ4n) is 1.93. The van der Waals surface area contributed by atoms with Crippen molar-refractivity contribution in [2.45, 2.75) is 13.3 Å². The van der Waals surface area contributed by atoms with Crippen molar-refractivity contribution in [3.8, 4) is 0 Å². The van der Waals surface area contributed by atoms with Gasteiger partial charge < -0.3 is 4.74 Å². The van der Waals surface area contributed by atoms with Crippen molar-refractivity contribution in [1.82, 2.24) is 0 Å². The number of carbonyl (C=O) groups is 1. The molecule has 2 rings (SSSR count). The zero-order valence-corrected chi connectivity index (χ0v) is 6.62. The predicted molar refractivity (Wildman–Crippen MR) is 40.9 cm³/mol. The van der Waals surface area contributed by atoms with E-state index in [9.17, 15) is 4.79 Å². The lowest BCUT2D eigenvalue weighted by atomic mass is 10.2. The van der Waals surface area contributed by atoms with E-state index in [1.165, 1.54) is 0 Å². The molecule has 0 spiro atoms. The summed E-state index contributed by atoms with van der Waals surface area (Å²) in [6.07, 6.45) is 5.38. The largest absolute Gasteiger partial charge is 0.466 e. The normalized spacial score (nSPS) is 38.5. The standard InChI is InChI=1S/C9H12O2/c1-2-11-9(10)8-6-4-3-5-7(6)8/h3-4,6-8H,2,5H2,1H3. The summed E-state index contributed by atoms with van der Waals surface area (Å²) in [7, 11) is 0. The molecule has 0 saturated heterocycles. The van der Waals surface area contributed by atoms with Crippen LogP contribution >= 0.6 is 0 Å². The van der Waals surface area contributed by atoms with Gasteiger partial charge in [0.25, 0.3) is 0 Å². The highest BCUT2D eigenvalue weighted by Gasteiger charge is 2.55. The molecular weight excluding hydrogens is 140 g/mol. The van der Waals surface area contributed by atoms with Gasteiger partial charge in [0, 0.05) is 0 Å². The van der Waals surface area contributed by atoms with E-state index in [2.05, 4.69) is 12.2 Å². The van der Waals surface area contributed by atoms with Crippen LogP contribution in [0.15, 0.2) is 12.2 Å². The van der Waals surface area contributed by atoms with Gasteiger partial charge in [0.1, 0.15) is 0 Å². The molecular formula is C9H12O2. The van der Waals surface area contributed by atoms with Gasteiger partial charge in [-0.2, -0.15) is 0 Å². The molecule has 1 fully saturated rings. The van der Waals surface area contributed by atoms with Gasteiger partial charge in [-0.15, -0.1) is 0 Å². The van der Waals surface area contributed by atoms with E-state index in [1.54, 1.807) is 0 Å². The predicted octanol–water partition coefficient (Wildman–Crippen LogP) is 1.37. The molecule has 60 valence electrons. The minimum atomic E-state index is 0.00634. The molecule has 1 saturated carbocycles. The average molecular weight is 152 g/mol. The molecule has 2 aliphatic rings. The van der Waals surface area contributed by atoms with Gasteiger partial charge in [0.15, 0.2) is 0 Å². The molecule has 0 aromatic carbocycles. The Bertz CT molecular complexity index is 208. The number of hydrogen-bond acceptors (Lipinski definition) is 2. The van der Waals surface area contributed by atoms with Crippen molar-refractivity contribution in [1.29, 1.82) is 0 Å². The molecule has 0 amide bonds. The second-order valence-corrected chi connectivity index (χ2v) is 3.18. The topological polar surface area (TPSA) is 26.3 Å². The van der Waals surface area contributed by atoms with Crippen LogP contribution in [0, 0.1) is 17.8 Å². The van der Waals surface area contributed by atoms with Gasteiger partial charge >= 0.3 is 5.97 Å². The molecule has 0 radical (unpaired) electrons. The minimum Gasteiger partial charge on any atom is -0.466 e. The molecule has 2 aliphatic carbocycles. The quantitative estimate of drug-likeness (QED) is 0.441. The second kappa shape index (κ2) is 2.36. The highest BCUT2D eigenvalue weighted by Crippen LogP contribution is 2.54.